The largest absolute Gasteiger partial charge is 0.344 e. The van der Waals surface area contributed by atoms with Crippen LogP contribution in [-0.4, -0.2) is 44.0 Å². The van der Waals surface area contributed by atoms with E-state index in [-0.39, 0.29) is 22.3 Å². The molecule has 1 heterocycles. The fourth-order valence-electron chi connectivity index (χ4n) is 7.33. The Morgan fingerprint density at radius 3 is 2.15 bits per heavy atom. The van der Waals surface area contributed by atoms with Gasteiger partial charge in [0, 0.05) is 33.8 Å². The highest BCUT2D eigenvalue weighted by molar-refractivity contribution is 7.86. The fraction of sp³-hybridized carbons (Fsp3) is 0.405. The Hall–Kier alpha value is -2.95. The van der Waals surface area contributed by atoms with Crippen LogP contribution < -0.4 is 4.90 Å². The summed E-state index contributed by atoms with van der Waals surface area (Å²) >= 11 is 7.09. The van der Waals surface area contributed by atoms with Crippen LogP contribution in [0.2, 0.25) is 0 Å². The van der Waals surface area contributed by atoms with Crippen LogP contribution in [0.25, 0.3) is 5.57 Å². The van der Waals surface area contributed by atoms with E-state index in [1.807, 2.05) is 30.3 Å². The van der Waals surface area contributed by atoms with Crippen molar-refractivity contribution in [1.82, 2.24) is 0 Å². The predicted octanol–water partition coefficient (Wildman–Crippen LogP) is 8.52. The van der Waals surface area contributed by atoms with Gasteiger partial charge >= 0.3 is 0 Å². The molecule has 0 unspecified atom stereocenters. The van der Waals surface area contributed by atoms with E-state index in [0.717, 1.165) is 69.1 Å². The van der Waals surface area contributed by atoms with Crippen LogP contribution in [0.4, 0.5) is 5.69 Å². The monoisotopic (exact) mass is 697 g/mol. The van der Waals surface area contributed by atoms with Crippen molar-refractivity contribution >= 4 is 43.1 Å². The van der Waals surface area contributed by atoms with Gasteiger partial charge < -0.3 is 4.90 Å². The molecule has 0 saturated carbocycles. The van der Waals surface area contributed by atoms with Gasteiger partial charge in [-0.05, 0) is 89.7 Å². The van der Waals surface area contributed by atoms with Crippen LogP contribution in [0.1, 0.15) is 82.9 Å². The van der Waals surface area contributed by atoms with Crippen LogP contribution in [0.3, 0.4) is 0 Å². The second-order valence-corrected chi connectivity index (χ2v) is 17.2. The molecule has 0 atom stereocenters. The lowest BCUT2D eigenvalue weighted by Gasteiger charge is -2.27. The molecule has 0 spiro atoms. The molecule has 0 radical (unpaired) electrons. The number of nitrogens with zero attached hydrogens (tertiary/aromatic N) is 1. The lowest BCUT2D eigenvalue weighted by molar-refractivity contribution is 0.479. The summed E-state index contributed by atoms with van der Waals surface area (Å²) in [7, 11) is -8.10. The van der Waals surface area contributed by atoms with Crippen molar-refractivity contribution in [2.75, 3.05) is 23.0 Å². The highest BCUT2D eigenvalue weighted by Crippen LogP contribution is 2.50. The summed E-state index contributed by atoms with van der Waals surface area (Å²) in [6, 6.07) is 16.4. The van der Waals surface area contributed by atoms with Crippen molar-refractivity contribution < 1.29 is 25.9 Å². The Labute approximate surface area is 284 Å². The average molecular weight is 698 g/mol. The molecule has 2 aliphatic carbocycles. The second-order valence-electron chi connectivity index (χ2n) is 13.7. The van der Waals surface area contributed by atoms with E-state index in [9.17, 15) is 25.9 Å². The van der Waals surface area contributed by atoms with Gasteiger partial charge in [0.25, 0.3) is 20.2 Å². The molecule has 1 aliphatic heterocycles. The van der Waals surface area contributed by atoms with Crippen molar-refractivity contribution in [3.05, 3.63) is 117 Å². The van der Waals surface area contributed by atoms with E-state index in [1.165, 1.54) is 5.56 Å². The first-order chi connectivity index (χ1) is 22.0. The van der Waals surface area contributed by atoms with Crippen LogP contribution >= 0.6 is 11.6 Å². The van der Waals surface area contributed by atoms with E-state index in [1.54, 1.807) is 0 Å². The molecule has 2 aromatic rings. The molecule has 47 heavy (non-hydrogen) atoms. The Morgan fingerprint density at radius 1 is 0.809 bits per heavy atom. The maximum absolute atomic E-state index is 11.5. The second kappa shape index (κ2) is 13.5. The van der Waals surface area contributed by atoms with Gasteiger partial charge in [0.15, 0.2) is 0 Å². The van der Waals surface area contributed by atoms with Gasteiger partial charge in [-0.25, -0.2) is 0 Å². The first-order valence-electron chi connectivity index (χ1n) is 16.1. The third-order valence-electron chi connectivity index (χ3n) is 9.69. The van der Waals surface area contributed by atoms with E-state index in [0.29, 0.717) is 25.8 Å². The molecule has 5 rings (SSSR count). The van der Waals surface area contributed by atoms with Gasteiger partial charge in [-0.1, -0.05) is 100.0 Å². The topological polar surface area (TPSA) is 112 Å². The molecule has 0 saturated heterocycles. The lowest BCUT2D eigenvalue weighted by Crippen LogP contribution is -2.28. The maximum atomic E-state index is 11.5. The zero-order valence-corrected chi connectivity index (χ0v) is 29.9. The molecule has 0 amide bonds. The summed E-state index contributed by atoms with van der Waals surface area (Å²) in [5, 5.41) is 0.720. The standard InChI is InChI=1S/C37H44ClNO6S2/c1-36(2)30-16-6-5-14-28(30)29(15-10-24-46(40,41)42)31(36)21-19-26-12-9-13-27(35(26)38)20-22-34-37(3,4)32-17-7-8-18-33(32)39(34)23-11-25-47(43,44)45/h5-8,14,16-22H,9-13,15,23-25H2,1-4H3,(H,40,41,42)(H,43,44,45)/b21-19+,27-20?,34-22+. The van der Waals surface area contributed by atoms with Crippen molar-refractivity contribution in [3.63, 3.8) is 0 Å². The number of allylic oxidation sites excluding steroid dienone is 10. The minimum absolute atomic E-state index is 0.281. The lowest BCUT2D eigenvalue weighted by atomic mass is 9.80. The Morgan fingerprint density at radius 2 is 1.45 bits per heavy atom. The van der Waals surface area contributed by atoms with E-state index in [2.05, 4.69) is 75.1 Å². The number of hydrogen-bond acceptors (Lipinski definition) is 5. The maximum Gasteiger partial charge on any atom is 0.264 e. The third-order valence-corrected chi connectivity index (χ3v) is 11.8. The minimum Gasteiger partial charge on any atom is -0.344 e. The van der Waals surface area contributed by atoms with Gasteiger partial charge in [-0.15, -0.1) is 0 Å². The van der Waals surface area contributed by atoms with E-state index in [4.69, 9.17) is 11.6 Å². The molecule has 2 aromatic carbocycles. The van der Waals surface area contributed by atoms with E-state index >= 15 is 0 Å². The highest BCUT2D eigenvalue weighted by atomic mass is 35.5. The molecule has 7 nitrogen and oxygen atoms in total. The summed E-state index contributed by atoms with van der Waals surface area (Å²) < 4.78 is 64.4. The number of halogens is 1. The fourth-order valence-corrected chi connectivity index (χ4v) is 8.64. The van der Waals surface area contributed by atoms with Crippen LogP contribution in [0, 0.1) is 0 Å². The number of fused-ring (bicyclic) bond motifs is 2. The molecule has 0 bridgehead atoms. The Kier molecular flexibility index (Phi) is 10.2. The summed E-state index contributed by atoms with van der Waals surface area (Å²) in [6.45, 7) is 9.13. The number of anilines is 1. The molecule has 0 fully saturated rings. The summed E-state index contributed by atoms with van der Waals surface area (Å²) in [6.07, 6.45) is 12.2. The van der Waals surface area contributed by atoms with Gasteiger partial charge in [-0.3, -0.25) is 9.11 Å². The van der Waals surface area contributed by atoms with Gasteiger partial charge in [0.1, 0.15) is 0 Å². The zero-order chi connectivity index (χ0) is 34.2. The van der Waals surface area contributed by atoms with Crippen molar-refractivity contribution in [3.8, 4) is 0 Å². The molecule has 10 heteroatoms. The minimum atomic E-state index is -4.06. The molecule has 3 aliphatic rings. The van der Waals surface area contributed by atoms with Crippen LogP contribution in [-0.2, 0) is 31.1 Å². The summed E-state index contributed by atoms with van der Waals surface area (Å²) in [4.78, 5) is 2.15. The number of rotatable bonds is 11. The average Bonchev–Trinajstić information content (AvgIpc) is 3.33. The Bertz CT molecular complexity index is 1930. The quantitative estimate of drug-likeness (QED) is 0.226. The van der Waals surface area contributed by atoms with Gasteiger partial charge in [-0.2, -0.15) is 16.8 Å². The number of hydrogen-bond donors (Lipinski definition) is 2. The first-order valence-corrected chi connectivity index (χ1v) is 19.7. The SMILES string of the molecule is CC1(C)C(/C=C/C2=C(Cl)C(=C/C=C3/N(CCCS(=O)(=O)O)c4ccccc4C3(C)C)CCC2)=C(CCCS(=O)(=O)O)c2ccccc21. The highest BCUT2D eigenvalue weighted by Gasteiger charge is 2.39. The summed E-state index contributed by atoms with van der Waals surface area (Å²) in [5.41, 5.74) is 9.23. The number of benzene rings is 2. The molecule has 2 N–H and O–H groups in total. The van der Waals surface area contributed by atoms with Gasteiger partial charge in [0.2, 0.25) is 0 Å². The molecule has 252 valence electrons. The first kappa shape index (κ1) is 35.4. The van der Waals surface area contributed by atoms with Crippen LogP contribution in [0.5, 0.6) is 0 Å². The van der Waals surface area contributed by atoms with E-state index < -0.39 is 20.2 Å². The smallest absolute Gasteiger partial charge is 0.264 e. The zero-order valence-electron chi connectivity index (χ0n) is 27.5. The molecular weight excluding hydrogens is 654 g/mol. The molecular formula is C37H44ClNO6S2. The Balaban J connectivity index is 1.47. The predicted molar refractivity (Wildman–Crippen MR) is 192 cm³/mol. The van der Waals surface area contributed by atoms with Crippen molar-refractivity contribution in [2.24, 2.45) is 0 Å². The van der Waals surface area contributed by atoms with Crippen molar-refractivity contribution in [1.29, 1.82) is 0 Å². The van der Waals surface area contributed by atoms with Crippen LogP contribution in [0.15, 0.2) is 100 Å². The molecule has 0 aromatic heterocycles. The van der Waals surface area contributed by atoms with Crippen molar-refractivity contribution in [2.45, 2.75) is 77.0 Å². The third kappa shape index (κ3) is 7.70. The summed E-state index contributed by atoms with van der Waals surface area (Å²) in [5.74, 6) is -0.581. The number of para-hydroxylation sites is 1. The normalized spacial score (nSPS) is 21.0. The van der Waals surface area contributed by atoms with Gasteiger partial charge in [0.05, 0.1) is 11.5 Å².